The summed E-state index contributed by atoms with van der Waals surface area (Å²) in [7, 11) is -0.175. The van der Waals surface area contributed by atoms with Gasteiger partial charge in [0.05, 0.1) is 6.61 Å². The van der Waals surface area contributed by atoms with Crippen LogP contribution in [0.3, 0.4) is 0 Å². The van der Waals surface area contributed by atoms with E-state index in [4.69, 9.17) is 9.42 Å². The van der Waals surface area contributed by atoms with Crippen LogP contribution in [0.25, 0.3) is 0 Å². The van der Waals surface area contributed by atoms with Crippen LogP contribution in [0.4, 0.5) is 0 Å². The Balaban J connectivity index is 3.46. The molecule has 0 aliphatic heterocycles. The van der Waals surface area contributed by atoms with Crippen LogP contribution in [0.5, 0.6) is 0 Å². The highest BCUT2D eigenvalue weighted by Gasteiger charge is 2.10. The van der Waals surface area contributed by atoms with E-state index in [1.54, 1.807) is 0 Å². The Bertz CT molecular complexity index is 111. The molecule has 0 radical (unpaired) electrons. The molecule has 0 saturated heterocycles. The minimum atomic E-state index is -1.63. The van der Waals surface area contributed by atoms with E-state index >= 15 is 0 Å². The van der Waals surface area contributed by atoms with Gasteiger partial charge >= 0.3 is 8.60 Å². The highest BCUT2D eigenvalue weighted by Crippen LogP contribution is 2.32. The number of hydrogen-bond acceptors (Lipinski definition) is 3. The van der Waals surface area contributed by atoms with Gasteiger partial charge in [0.1, 0.15) is 0 Å². The molecule has 13 heavy (non-hydrogen) atoms. The summed E-state index contributed by atoms with van der Waals surface area (Å²) in [6.07, 6.45) is 4.74. The summed E-state index contributed by atoms with van der Waals surface area (Å²) >= 11 is 0. The zero-order valence-corrected chi connectivity index (χ0v) is 9.72. The second kappa shape index (κ2) is 8.89. The molecule has 0 amide bonds. The highest BCUT2D eigenvalue weighted by atomic mass is 31.2. The molecule has 0 bridgehead atoms. The second-order valence-corrected chi connectivity index (χ2v) is 4.23. The molecule has 0 saturated carbocycles. The molecule has 0 spiro atoms. The van der Waals surface area contributed by atoms with Crippen LogP contribution >= 0.6 is 8.60 Å². The fourth-order valence-electron chi connectivity index (χ4n) is 1.12. The predicted molar refractivity (Wildman–Crippen MR) is 55.4 cm³/mol. The Hall–Kier alpha value is 0.310. The van der Waals surface area contributed by atoms with Crippen LogP contribution in [-0.2, 0) is 9.05 Å². The third-order valence-electron chi connectivity index (χ3n) is 2.12. The van der Waals surface area contributed by atoms with Crippen LogP contribution in [0.1, 0.15) is 39.5 Å². The van der Waals surface area contributed by atoms with E-state index in [9.17, 15) is 0 Å². The predicted octanol–water partition coefficient (Wildman–Crippen LogP) is 3.09. The first-order chi connectivity index (χ1) is 6.24. The Labute approximate surface area is 82.4 Å². The minimum Gasteiger partial charge on any atom is -0.328 e. The maximum Gasteiger partial charge on any atom is 0.329 e. The maximum absolute atomic E-state index is 9.05. The van der Waals surface area contributed by atoms with E-state index in [0.717, 1.165) is 6.42 Å². The Kier molecular flexibility index (Phi) is 9.10. The largest absolute Gasteiger partial charge is 0.329 e. The molecule has 0 rings (SSSR count). The molecule has 1 N–H and O–H groups in total. The van der Waals surface area contributed by atoms with Gasteiger partial charge in [0.25, 0.3) is 0 Å². The summed E-state index contributed by atoms with van der Waals surface area (Å²) in [6.45, 7) is 4.95. The highest BCUT2D eigenvalue weighted by molar-refractivity contribution is 7.40. The first-order valence-corrected chi connectivity index (χ1v) is 6.03. The van der Waals surface area contributed by atoms with Gasteiger partial charge < -0.3 is 13.9 Å². The lowest BCUT2D eigenvalue weighted by Gasteiger charge is -2.15. The van der Waals surface area contributed by atoms with Crippen LogP contribution in [0, 0.1) is 5.92 Å². The van der Waals surface area contributed by atoms with E-state index < -0.39 is 8.60 Å². The van der Waals surface area contributed by atoms with Crippen molar-refractivity contribution in [3.63, 3.8) is 0 Å². The molecule has 0 fully saturated rings. The van der Waals surface area contributed by atoms with E-state index in [1.807, 2.05) is 0 Å². The van der Waals surface area contributed by atoms with Gasteiger partial charge in [-0.25, -0.2) is 0 Å². The van der Waals surface area contributed by atoms with Crippen molar-refractivity contribution in [1.82, 2.24) is 0 Å². The van der Waals surface area contributed by atoms with Gasteiger partial charge in [0.2, 0.25) is 0 Å². The molecule has 0 aromatic heterocycles. The van der Waals surface area contributed by atoms with Gasteiger partial charge in [-0.05, 0) is 12.3 Å². The third-order valence-corrected chi connectivity index (χ3v) is 2.80. The van der Waals surface area contributed by atoms with E-state index in [2.05, 4.69) is 18.4 Å². The Morgan fingerprint density at radius 3 is 2.54 bits per heavy atom. The molecular weight excluding hydrogens is 187 g/mol. The van der Waals surface area contributed by atoms with Gasteiger partial charge in [-0.3, -0.25) is 0 Å². The molecule has 2 atom stereocenters. The Morgan fingerprint density at radius 1 is 1.38 bits per heavy atom. The maximum atomic E-state index is 9.05. The van der Waals surface area contributed by atoms with Crippen LogP contribution in [-0.4, -0.2) is 18.6 Å². The van der Waals surface area contributed by atoms with E-state index in [1.165, 1.54) is 26.4 Å². The van der Waals surface area contributed by atoms with Crippen molar-refractivity contribution >= 4 is 8.60 Å². The fourth-order valence-corrected chi connectivity index (χ4v) is 1.56. The van der Waals surface area contributed by atoms with Crippen molar-refractivity contribution in [2.75, 3.05) is 13.7 Å². The molecule has 0 aliphatic rings. The molecule has 2 unspecified atom stereocenters. The lowest BCUT2D eigenvalue weighted by molar-refractivity contribution is 0.186. The third kappa shape index (κ3) is 7.39. The smallest absolute Gasteiger partial charge is 0.328 e. The van der Waals surface area contributed by atoms with Crippen molar-refractivity contribution in [1.29, 1.82) is 0 Å². The summed E-state index contributed by atoms with van der Waals surface area (Å²) in [4.78, 5) is 9.05. The number of rotatable bonds is 8. The van der Waals surface area contributed by atoms with Gasteiger partial charge in [-0.15, -0.1) is 0 Å². The lowest BCUT2D eigenvalue weighted by Crippen LogP contribution is -2.06. The van der Waals surface area contributed by atoms with Crippen molar-refractivity contribution in [3.8, 4) is 0 Å². The van der Waals surface area contributed by atoms with Crippen molar-refractivity contribution in [3.05, 3.63) is 0 Å². The van der Waals surface area contributed by atoms with Gasteiger partial charge in [-0.1, -0.05) is 33.1 Å². The fraction of sp³-hybridized carbons (Fsp3) is 1.00. The average molecular weight is 208 g/mol. The molecule has 3 nitrogen and oxygen atoms in total. The average Bonchev–Trinajstić information content (AvgIpc) is 2.17. The lowest BCUT2D eigenvalue weighted by atomic mass is 10.0. The normalized spacial score (nSPS) is 15.7. The zero-order chi connectivity index (χ0) is 10.1. The number of unbranched alkanes of at least 4 members (excludes halogenated alkanes) is 1. The molecule has 0 aromatic carbocycles. The monoisotopic (exact) mass is 208 g/mol. The number of hydrogen-bond donors (Lipinski definition) is 1. The van der Waals surface area contributed by atoms with E-state index in [0.29, 0.717) is 12.5 Å². The van der Waals surface area contributed by atoms with E-state index in [-0.39, 0.29) is 0 Å². The summed E-state index contributed by atoms with van der Waals surface area (Å²) in [5.41, 5.74) is 0. The van der Waals surface area contributed by atoms with Crippen molar-refractivity contribution in [2.45, 2.75) is 39.5 Å². The van der Waals surface area contributed by atoms with Gasteiger partial charge in [-0.2, -0.15) is 0 Å². The molecule has 0 heterocycles. The quantitative estimate of drug-likeness (QED) is 0.623. The van der Waals surface area contributed by atoms with Crippen LogP contribution < -0.4 is 0 Å². The first kappa shape index (κ1) is 13.3. The summed E-state index contributed by atoms with van der Waals surface area (Å²) in [5, 5.41) is 0. The molecule has 80 valence electrons. The van der Waals surface area contributed by atoms with Gasteiger partial charge in [0, 0.05) is 7.11 Å². The standard InChI is InChI=1S/C9H21O3P/c1-4-6-7-9(5-2)8-12-13(10)11-3/h9-10H,4-8H2,1-3H3. The Morgan fingerprint density at radius 2 is 2.08 bits per heavy atom. The molecule has 4 heteroatoms. The van der Waals surface area contributed by atoms with Gasteiger partial charge in [0.15, 0.2) is 0 Å². The topological polar surface area (TPSA) is 38.7 Å². The summed E-state index contributed by atoms with van der Waals surface area (Å²) in [6, 6.07) is 0. The van der Waals surface area contributed by atoms with Crippen molar-refractivity contribution in [2.24, 2.45) is 5.92 Å². The van der Waals surface area contributed by atoms with Crippen LogP contribution in [0.2, 0.25) is 0 Å². The minimum absolute atomic E-state index is 0.562. The van der Waals surface area contributed by atoms with Crippen molar-refractivity contribution < 1.29 is 13.9 Å². The van der Waals surface area contributed by atoms with Crippen LogP contribution in [0.15, 0.2) is 0 Å². The molecule has 0 aromatic rings. The molecule has 0 aliphatic carbocycles. The molecular formula is C9H21O3P. The second-order valence-electron chi connectivity index (χ2n) is 3.13. The summed E-state index contributed by atoms with van der Waals surface area (Å²) < 4.78 is 9.79. The summed E-state index contributed by atoms with van der Waals surface area (Å²) in [5.74, 6) is 0.562. The first-order valence-electron chi connectivity index (χ1n) is 4.90. The SMILES string of the molecule is CCCCC(CC)COP(O)OC. The zero-order valence-electron chi connectivity index (χ0n) is 8.82.